The minimum Gasteiger partial charge on any atom is -0.459 e. The quantitative estimate of drug-likeness (QED) is 0.749. The summed E-state index contributed by atoms with van der Waals surface area (Å²) in [5.74, 6) is 0.111. The van der Waals surface area contributed by atoms with Crippen molar-refractivity contribution in [1.29, 1.82) is 0 Å². The average molecular weight is 361 g/mol. The number of hydrogen-bond donors (Lipinski definition) is 1. The Morgan fingerprint density at radius 3 is 2.32 bits per heavy atom. The standard InChI is InChI=1S/C19H20FNO3S/c1-13(2)24-19(23)15-5-3-14(4-6-15)11-25-12-18(22)21-17-9-7-16(20)8-10-17/h3-10,13H,11-12H2,1-2H3,(H,21,22). The molecule has 0 aromatic heterocycles. The smallest absolute Gasteiger partial charge is 0.338 e. The Morgan fingerprint density at radius 1 is 1.08 bits per heavy atom. The molecule has 2 aromatic rings. The molecular weight excluding hydrogens is 341 g/mol. The topological polar surface area (TPSA) is 55.4 Å². The number of nitrogens with one attached hydrogen (secondary N) is 1. The Kier molecular flexibility index (Phi) is 7.01. The zero-order valence-corrected chi connectivity index (χ0v) is 14.9. The second-order valence-electron chi connectivity index (χ2n) is 5.70. The van der Waals surface area contributed by atoms with Crippen molar-refractivity contribution in [2.75, 3.05) is 11.1 Å². The maximum absolute atomic E-state index is 12.8. The van der Waals surface area contributed by atoms with Crippen molar-refractivity contribution in [2.45, 2.75) is 25.7 Å². The summed E-state index contributed by atoms with van der Waals surface area (Å²) < 4.78 is 17.9. The fraction of sp³-hybridized carbons (Fsp3) is 0.263. The van der Waals surface area contributed by atoms with Crippen LogP contribution < -0.4 is 5.32 Å². The Balaban J connectivity index is 1.76. The SMILES string of the molecule is CC(C)OC(=O)c1ccc(CSCC(=O)Nc2ccc(F)cc2)cc1. The van der Waals surface area contributed by atoms with Gasteiger partial charge in [0.1, 0.15) is 5.82 Å². The van der Waals surface area contributed by atoms with E-state index in [1.54, 1.807) is 26.0 Å². The minimum absolute atomic E-state index is 0.145. The van der Waals surface area contributed by atoms with Crippen LogP contribution >= 0.6 is 11.8 Å². The van der Waals surface area contributed by atoms with Gasteiger partial charge in [0.2, 0.25) is 5.91 Å². The van der Waals surface area contributed by atoms with Crippen LogP contribution in [-0.4, -0.2) is 23.7 Å². The molecule has 0 radical (unpaired) electrons. The molecule has 132 valence electrons. The molecule has 0 spiro atoms. The number of carbonyl (C=O) groups is 2. The molecule has 2 aromatic carbocycles. The van der Waals surface area contributed by atoms with Gasteiger partial charge in [0.05, 0.1) is 17.4 Å². The van der Waals surface area contributed by atoms with E-state index in [0.717, 1.165) is 5.56 Å². The molecule has 0 unspecified atom stereocenters. The van der Waals surface area contributed by atoms with Gasteiger partial charge in [-0.3, -0.25) is 4.79 Å². The number of halogens is 1. The van der Waals surface area contributed by atoms with Crippen molar-refractivity contribution >= 4 is 29.3 Å². The second-order valence-corrected chi connectivity index (χ2v) is 6.68. The molecule has 4 nitrogen and oxygen atoms in total. The molecule has 0 aliphatic carbocycles. The van der Waals surface area contributed by atoms with E-state index in [2.05, 4.69) is 5.32 Å². The fourth-order valence-corrected chi connectivity index (χ4v) is 2.80. The maximum Gasteiger partial charge on any atom is 0.338 e. The third-order valence-electron chi connectivity index (χ3n) is 3.16. The highest BCUT2D eigenvalue weighted by atomic mass is 32.2. The molecule has 1 N–H and O–H groups in total. The van der Waals surface area contributed by atoms with Gasteiger partial charge >= 0.3 is 5.97 Å². The number of thioether (sulfide) groups is 1. The zero-order chi connectivity index (χ0) is 18.2. The van der Waals surface area contributed by atoms with Crippen LogP contribution in [-0.2, 0) is 15.3 Å². The molecule has 0 aliphatic heterocycles. The summed E-state index contributed by atoms with van der Waals surface area (Å²) in [6.45, 7) is 3.61. The van der Waals surface area contributed by atoms with Crippen molar-refractivity contribution in [2.24, 2.45) is 0 Å². The van der Waals surface area contributed by atoms with Gasteiger partial charge in [-0.15, -0.1) is 11.8 Å². The molecule has 25 heavy (non-hydrogen) atoms. The molecule has 6 heteroatoms. The number of carbonyl (C=O) groups excluding carboxylic acids is 2. The molecule has 0 saturated carbocycles. The van der Waals surface area contributed by atoms with Crippen LogP contribution in [0, 0.1) is 5.82 Å². The third-order valence-corrected chi connectivity index (χ3v) is 4.17. The predicted octanol–water partition coefficient (Wildman–Crippen LogP) is 4.26. The molecule has 0 bridgehead atoms. The Labute approximate surface area is 150 Å². The average Bonchev–Trinajstić information content (AvgIpc) is 2.57. The van der Waals surface area contributed by atoms with E-state index in [4.69, 9.17) is 4.74 Å². The van der Waals surface area contributed by atoms with Gasteiger partial charge in [-0.1, -0.05) is 12.1 Å². The Hall–Kier alpha value is -2.34. The number of esters is 1. The van der Waals surface area contributed by atoms with Crippen LogP contribution in [0.25, 0.3) is 0 Å². The van der Waals surface area contributed by atoms with Gasteiger partial charge in [0.15, 0.2) is 0 Å². The van der Waals surface area contributed by atoms with Crippen LogP contribution in [0.4, 0.5) is 10.1 Å². The van der Waals surface area contributed by atoms with Crippen molar-refractivity contribution in [3.05, 3.63) is 65.5 Å². The highest BCUT2D eigenvalue weighted by molar-refractivity contribution is 7.99. The van der Waals surface area contributed by atoms with Crippen LogP contribution in [0.15, 0.2) is 48.5 Å². The van der Waals surface area contributed by atoms with E-state index in [1.807, 2.05) is 12.1 Å². The van der Waals surface area contributed by atoms with Crippen LogP contribution in [0.2, 0.25) is 0 Å². The summed E-state index contributed by atoms with van der Waals surface area (Å²) in [6.07, 6.45) is -0.151. The van der Waals surface area contributed by atoms with Gasteiger partial charge in [-0.25, -0.2) is 9.18 Å². The lowest BCUT2D eigenvalue weighted by atomic mass is 10.1. The molecule has 0 heterocycles. The summed E-state index contributed by atoms with van der Waals surface area (Å²) in [6, 6.07) is 12.8. The highest BCUT2D eigenvalue weighted by Gasteiger charge is 2.09. The van der Waals surface area contributed by atoms with Gasteiger partial charge in [0.25, 0.3) is 0 Å². The molecule has 2 rings (SSSR count). The highest BCUT2D eigenvalue weighted by Crippen LogP contribution is 2.15. The monoisotopic (exact) mass is 361 g/mol. The lowest BCUT2D eigenvalue weighted by molar-refractivity contribution is -0.113. The minimum atomic E-state index is -0.340. The van der Waals surface area contributed by atoms with Crippen molar-refractivity contribution < 1.29 is 18.7 Å². The largest absolute Gasteiger partial charge is 0.459 e. The van der Waals surface area contributed by atoms with Gasteiger partial charge in [-0.05, 0) is 55.8 Å². The Bertz CT molecular complexity index is 714. The zero-order valence-electron chi connectivity index (χ0n) is 14.1. The Morgan fingerprint density at radius 2 is 1.72 bits per heavy atom. The number of rotatable bonds is 7. The lowest BCUT2D eigenvalue weighted by Crippen LogP contribution is -2.14. The van der Waals surface area contributed by atoms with Gasteiger partial charge < -0.3 is 10.1 Å². The molecule has 0 fully saturated rings. The number of benzene rings is 2. The molecule has 0 aliphatic rings. The summed E-state index contributed by atoms with van der Waals surface area (Å²) in [4.78, 5) is 23.6. The molecule has 0 saturated heterocycles. The first-order chi connectivity index (χ1) is 11.9. The molecule has 0 atom stereocenters. The normalized spacial score (nSPS) is 10.6. The van der Waals surface area contributed by atoms with Crippen molar-refractivity contribution in [3.63, 3.8) is 0 Å². The summed E-state index contributed by atoms with van der Waals surface area (Å²) in [7, 11) is 0. The second kappa shape index (κ2) is 9.22. The van der Waals surface area contributed by atoms with E-state index in [9.17, 15) is 14.0 Å². The first kappa shape index (κ1) is 19.0. The number of amides is 1. The maximum atomic E-state index is 12.8. The first-order valence-electron chi connectivity index (χ1n) is 7.87. The van der Waals surface area contributed by atoms with E-state index in [0.29, 0.717) is 17.0 Å². The van der Waals surface area contributed by atoms with Crippen molar-refractivity contribution in [3.8, 4) is 0 Å². The summed E-state index contributed by atoms with van der Waals surface area (Å²) in [5, 5.41) is 2.71. The van der Waals surface area contributed by atoms with E-state index in [1.165, 1.54) is 36.0 Å². The predicted molar refractivity (Wildman–Crippen MR) is 98.2 cm³/mol. The third kappa shape index (κ3) is 6.58. The number of anilines is 1. The van der Waals surface area contributed by atoms with Crippen LogP contribution in [0.5, 0.6) is 0 Å². The van der Waals surface area contributed by atoms with Crippen LogP contribution in [0.3, 0.4) is 0 Å². The summed E-state index contributed by atoms with van der Waals surface area (Å²) in [5.41, 5.74) is 2.09. The molecule has 1 amide bonds. The van der Waals surface area contributed by atoms with Gasteiger partial charge in [-0.2, -0.15) is 0 Å². The number of ether oxygens (including phenoxy) is 1. The van der Waals surface area contributed by atoms with Crippen LogP contribution in [0.1, 0.15) is 29.8 Å². The van der Waals surface area contributed by atoms with E-state index in [-0.39, 0.29) is 29.6 Å². The van der Waals surface area contributed by atoms with E-state index < -0.39 is 0 Å². The van der Waals surface area contributed by atoms with Gasteiger partial charge in [0, 0.05) is 11.4 Å². The fourth-order valence-electron chi connectivity index (χ4n) is 2.01. The van der Waals surface area contributed by atoms with Crippen molar-refractivity contribution in [1.82, 2.24) is 0 Å². The number of hydrogen-bond acceptors (Lipinski definition) is 4. The lowest BCUT2D eigenvalue weighted by Gasteiger charge is -2.08. The van der Waals surface area contributed by atoms with E-state index >= 15 is 0 Å². The summed E-state index contributed by atoms with van der Waals surface area (Å²) >= 11 is 1.46. The first-order valence-corrected chi connectivity index (χ1v) is 9.02. The molecular formula is C19H20FNO3S.